The van der Waals surface area contributed by atoms with Gasteiger partial charge in [0, 0.05) is 18.4 Å². The summed E-state index contributed by atoms with van der Waals surface area (Å²) in [6.45, 7) is 0. The van der Waals surface area contributed by atoms with Crippen molar-refractivity contribution in [3.05, 3.63) is 46.2 Å². The minimum absolute atomic E-state index is 0.112. The van der Waals surface area contributed by atoms with E-state index in [9.17, 15) is 9.59 Å². The van der Waals surface area contributed by atoms with Gasteiger partial charge in [0.2, 0.25) is 5.91 Å². The Morgan fingerprint density at radius 3 is 2.67 bits per heavy atom. The van der Waals surface area contributed by atoms with Crippen LogP contribution in [0.3, 0.4) is 0 Å². The number of hydrazone groups is 1. The molecule has 142 valence electrons. The quantitative estimate of drug-likeness (QED) is 0.786. The van der Waals surface area contributed by atoms with E-state index in [1.165, 1.54) is 5.01 Å². The molecule has 1 atom stereocenters. The van der Waals surface area contributed by atoms with Crippen LogP contribution in [0.4, 0.5) is 0 Å². The van der Waals surface area contributed by atoms with Crippen LogP contribution in [0.2, 0.25) is 0 Å². The highest BCUT2D eigenvalue weighted by atomic mass is 32.1. The summed E-state index contributed by atoms with van der Waals surface area (Å²) < 4.78 is 10.9. The minimum atomic E-state index is -1.01. The second-order valence-corrected chi connectivity index (χ2v) is 6.91. The van der Waals surface area contributed by atoms with E-state index in [1.54, 1.807) is 31.6 Å². The van der Waals surface area contributed by atoms with Gasteiger partial charge in [-0.3, -0.25) is 9.59 Å². The molecule has 0 radical (unpaired) electrons. The number of nitrogens with zero attached hydrogens (tertiary/aromatic N) is 2. The van der Waals surface area contributed by atoms with E-state index in [0.29, 0.717) is 17.9 Å². The van der Waals surface area contributed by atoms with Gasteiger partial charge in [0.25, 0.3) is 0 Å². The Bertz CT molecular complexity index is 863. The van der Waals surface area contributed by atoms with Crippen LogP contribution in [0.1, 0.15) is 35.7 Å². The van der Waals surface area contributed by atoms with Crippen LogP contribution in [0.15, 0.2) is 40.8 Å². The Hall–Kier alpha value is -2.87. The van der Waals surface area contributed by atoms with E-state index in [4.69, 9.17) is 14.6 Å². The maximum atomic E-state index is 12.7. The maximum Gasteiger partial charge on any atom is 0.303 e. The average Bonchev–Trinajstić information content (AvgIpc) is 3.34. The lowest BCUT2D eigenvalue weighted by molar-refractivity contribution is -0.141. The molecule has 1 aromatic carbocycles. The summed E-state index contributed by atoms with van der Waals surface area (Å²) in [6.07, 6.45) is 0.170. The number of hydrogen-bond acceptors (Lipinski definition) is 6. The zero-order chi connectivity index (χ0) is 19.4. The molecule has 0 spiro atoms. The Balaban J connectivity index is 1.97. The van der Waals surface area contributed by atoms with E-state index < -0.39 is 5.97 Å². The number of carbonyl (C=O) groups is 2. The summed E-state index contributed by atoms with van der Waals surface area (Å²) in [6, 6.07) is 8.99. The predicted octanol–water partition coefficient (Wildman–Crippen LogP) is 3.31. The van der Waals surface area contributed by atoms with Crippen molar-refractivity contribution in [1.29, 1.82) is 0 Å². The molecular weight excluding hydrogens is 368 g/mol. The number of carboxylic acids is 1. The Kier molecular flexibility index (Phi) is 5.75. The summed E-state index contributed by atoms with van der Waals surface area (Å²) in [7, 11) is 3.10. The molecule has 1 aliphatic rings. The molecule has 0 unspecified atom stereocenters. The number of hydrogen-bond donors (Lipinski definition) is 1. The zero-order valence-corrected chi connectivity index (χ0v) is 15.9. The van der Waals surface area contributed by atoms with Crippen LogP contribution in [0, 0.1) is 0 Å². The van der Waals surface area contributed by atoms with Gasteiger partial charge in [-0.1, -0.05) is 18.2 Å². The minimum Gasteiger partial charge on any atom is -0.493 e. The van der Waals surface area contributed by atoms with Gasteiger partial charge >= 0.3 is 5.97 Å². The lowest BCUT2D eigenvalue weighted by Crippen LogP contribution is -2.27. The molecular formula is C19H20N2O5S. The molecule has 3 rings (SSSR count). The first-order valence-corrected chi connectivity index (χ1v) is 9.29. The van der Waals surface area contributed by atoms with Gasteiger partial charge in [-0.05, 0) is 17.5 Å². The summed E-state index contributed by atoms with van der Waals surface area (Å²) >= 11 is 1.55. The molecule has 27 heavy (non-hydrogen) atoms. The van der Waals surface area contributed by atoms with Gasteiger partial charge in [0.05, 0.1) is 37.3 Å². The fourth-order valence-corrected chi connectivity index (χ4v) is 3.80. The van der Waals surface area contributed by atoms with Crippen molar-refractivity contribution in [1.82, 2.24) is 5.01 Å². The summed E-state index contributed by atoms with van der Waals surface area (Å²) in [4.78, 5) is 24.5. The van der Waals surface area contributed by atoms with Crippen molar-refractivity contribution in [3.63, 3.8) is 0 Å². The fraction of sp³-hybridized carbons (Fsp3) is 0.316. The molecule has 1 aromatic heterocycles. The van der Waals surface area contributed by atoms with Crippen LogP contribution < -0.4 is 9.47 Å². The average molecular weight is 388 g/mol. The summed E-state index contributed by atoms with van der Waals surface area (Å²) in [5.74, 6) is -0.236. The number of para-hydroxylation sites is 1. The fourth-order valence-electron chi connectivity index (χ4n) is 3.08. The summed E-state index contributed by atoms with van der Waals surface area (Å²) in [5, 5.41) is 16.8. The Morgan fingerprint density at radius 2 is 2.04 bits per heavy atom. The number of carbonyl (C=O) groups excluding carboxylic acids is 1. The number of carboxylic acid groups (broad SMARTS) is 1. The third-order valence-corrected chi connectivity index (χ3v) is 5.24. The van der Waals surface area contributed by atoms with Crippen LogP contribution in [-0.4, -0.2) is 41.9 Å². The Morgan fingerprint density at radius 1 is 1.22 bits per heavy atom. The first kappa shape index (κ1) is 18.9. The van der Waals surface area contributed by atoms with Crippen molar-refractivity contribution < 1.29 is 24.2 Å². The molecule has 7 nitrogen and oxygen atoms in total. The smallest absolute Gasteiger partial charge is 0.303 e. The summed E-state index contributed by atoms with van der Waals surface area (Å²) in [5.41, 5.74) is 1.57. The van der Waals surface area contributed by atoms with Crippen LogP contribution in [0.5, 0.6) is 11.5 Å². The second kappa shape index (κ2) is 8.22. The van der Waals surface area contributed by atoms with Gasteiger partial charge in [-0.25, -0.2) is 5.01 Å². The zero-order valence-electron chi connectivity index (χ0n) is 15.0. The van der Waals surface area contributed by atoms with Crippen LogP contribution in [0.25, 0.3) is 0 Å². The largest absolute Gasteiger partial charge is 0.493 e. The van der Waals surface area contributed by atoms with Gasteiger partial charge < -0.3 is 14.6 Å². The van der Waals surface area contributed by atoms with Crippen molar-refractivity contribution in [2.45, 2.75) is 25.3 Å². The highest BCUT2D eigenvalue weighted by Gasteiger charge is 2.35. The topological polar surface area (TPSA) is 88.4 Å². The molecule has 0 aliphatic carbocycles. The number of amides is 1. The normalized spacial score (nSPS) is 16.1. The monoisotopic (exact) mass is 388 g/mol. The van der Waals surface area contributed by atoms with Gasteiger partial charge in [0.1, 0.15) is 0 Å². The van der Waals surface area contributed by atoms with E-state index in [-0.39, 0.29) is 24.8 Å². The number of rotatable bonds is 7. The van der Waals surface area contributed by atoms with Gasteiger partial charge in [-0.15, -0.1) is 11.3 Å². The van der Waals surface area contributed by atoms with Crippen LogP contribution in [-0.2, 0) is 9.59 Å². The van der Waals surface area contributed by atoms with Crippen molar-refractivity contribution >= 4 is 28.9 Å². The van der Waals surface area contributed by atoms with E-state index in [0.717, 1.165) is 16.2 Å². The first-order valence-electron chi connectivity index (χ1n) is 8.41. The second-order valence-electron chi connectivity index (χ2n) is 5.96. The highest BCUT2D eigenvalue weighted by Crippen LogP contribution is 2.42. The lowest BCUT2D eigenvalue weighted by atomic mass is 9.99. The standard InChI is InChI=1S/C19H20N2O5S/c1-25-15-6-3-5-12(19(15)26-2)14-11-13(16-7-4-10-27-16)20-21(14)17(22)8-9-18(23)24/h3-7,10,14H,8-9,11H2,1-2H3,(H,23,24)/t14-/m0/s1. The van der Waals surface area contributed by atoms with E-state index in [2.05, 4.69) is 5.10 Å². The van der Waals surface area contributed by atoms with E-state index in [1.807, 2.05) is 29.6 Å². The molecule has 8 heteroatoms. The number of aliphatic carboxylic acids is 1. The van der Waals surface area contributed by atoms with E-state index >= 15 is 0 Å². The molecule has 0 bridgehead atoms. The van der Waals surface area contributed by atoms with Gasteiger partial charge in [0.15, 0.2) is 11.5 Å². The van der Waals surface area contributed by atoms with Crippen molar-refractivity contribution in [3.8, 4) is 11.5 Å². The SMILES string of the molecule is COc1cccc([C@@H]2CC(c3cccs3)=NN2C(=O)CCC(=O)O)c1OC. The molecule has 0 saturated heterocycles. The molecule has 1 aliphatic heterocycles. The first-order chi connectivity index (χ1) is 13.0. The molecule has 2 aromatic rings. The van der Waals surface area contributed by atoms with Crippen LogP contribution >= 0.6 is 11.3 Å². The third-order valence-electron chi connectivity index (χ3n) is 4.32. The molecule has 0 fully saturated rings. The Labute approximate surface area is 160 Å². The molecule has 2 heterocycles. The molecule has 0 saturated carbocycles. The van der Waals surface area contributed by atoms with Crippen molar-refractivity contribution in [2.75, 3.05) is 14.2 Å². The van der Waals surface area contributed by atoms with Crippen molar-refractivity contribution in [2.24, 2.45) is 5.10 Å². The predicted molar refractivity (Wildman–Crippen MR) is 101 cm³/mol. The van der Waals surface area contributed by atoms with Gasteiger partial charge in [-0.2, -0.15) is 5.10 Å². The third kappa shape index (κ3) is 3.95. The highest BCUT2D eigenvalue weighted by molar-refractivity contribution is 7.12. The number of methoxy groups -OCH3 is 2. The molecule has 1 N–H and O–H groups in total. The lowest BCUT2D eigenvalue weighted by Gasteiger charge is -2.24. The number of thiophene rings is 1. The number of ether oxygens (including phenoxy) is 2. The molecule has 1 amide bonds. The maximum absolute atomic E-state index is 12.7. The number of benzene rings is 1.